The van der Waals surface area contributed by atoms with Crippen LogP contribution in [-0.4, -0.2) is 39.2 Å². The van der Waals surface area contributed by atoms with Crippen LogP contribution in [0.25, 0.3) is 10.9 Å². The number of benzene rings is 1. The topological polar surface area (TPSA) is 83.0 Å². The summed E-state index contributed by atoms with van der Waals surface area (Å²) in [5.74, 6) is 0.427. The molecule has 3 aromatic rings. The highest BCUT2D eigenvalue weighted by atomic mass is 16.2. The first-order valence-corrected chi connectivity index (χ1v) is 8.23. The summed E-state index contributed by atoms with van der Waals surface area (Å²) < 4.78 is 1.69. The third kappa shape index (κ3) is 2.57. The highest BCUT2D eigenvalue weighted by molar-refractivity contribution is 6.09. The number of aryl methyl sites for hydroxylation is 2. The number of aromatic nitrogens is 3. The Kier molecular flexibility index (Phi) is 3.56. The van der Waals surface area contributed by atoms with Crippen molar-refractivity contribution < 1.29 is 9.59 Å². The number of anilines is 1. The highest BCUT2D eigenvalue weighted by Crippen LogP contribution is 2.23. The van der Waals surface area contributed by atoms with Crippen LogP contribution in [0.4, 0.5) is 5.82 Å². The van der Waals surface area contributed by atoms with Gasteiger partial charge in [0.2, 0.25) is 0 Å². The molecule has 1 aliphatic heterocycles. The van der Waals surface area contributed by atoms with Gasteiger partial charge in [0.05, 0.1) is 5.69 Å². The lowest BCUT2D eigenvalue weighted by Crippen LogP contribution is -2.42. The van der Waals surface area contributed by atoms with Gasteiger partial charge in [0.25, 0.3) is 11.8 Å². The molecular weight excluding hydrogens is 318 g/mol. The summed E-state index contributed by atoms with van der Waals surface area (Å²) >= 11 is 0. The minimum absolute atomic E-state index is 0.0995. The van der Waals surface area contributed by atoms with Crippen molar-refractivity contribution in [3.63, 3.8) is 0 Å². The van der Waals surface area contributed by atoms with Crippen molar-refractivity contribution in [2.24, 2.45) is 7.05 Å². The Morgan fingerprint density at radius 1 is 1.36 bits per heavy atom. The van der Waals surface area contributed by atoms with Crippen molar-refractivity contribution in [1.82, 2.24) is 20.1 Å². The van der Waals surface area contributed by atoms with Crippen LogP contribution in [0.1, 0.15) is 22.5 Å². The van der Waals surface area contributed by atoms with Crippen LogP contribution in [-0.2, 0) is 11.8 Å². The van der Waals surface area contributed by atoms with Crippen LogP contribution in [0.15, 0.2) is 36.5 Å². The van der Waals surface area contributed by atoms with Crippen molar-refractivity contribution in [1.29, 1.82) is 0 Å². The van der Waals surface area contributed by atoms with E-state index in [1.54, 1.807) is 21.8 Å². The first kappa shape index (κ1) is 15.4. The maximum atomic E-state index is 12.7. The second-order valence-corrected chi connectivity index (χ2v) is 6.32. The zero-order valence-electron chi connectivity index (χ0n) is 14.1. The van der Waals surface area contributed by atoms with Gasteiger partial charge in [-0.1, -0.05) is 6.07 Å². The molecule has 4 rings (SSSR count). The van der Waals surface area contributed by atoms with Gasteiger partial charge >= 0.3 is 0 Å². The second kappa shape index (κ2) is 5.77. The summed E-state index contributed by atoms with van der Waals surface area (Å²) in [6.07, 6.45) is 2.38. The fourth-order valence-corrected chi connectivity index (χ4v) is 3.41. The van der Waals surface area contributed by atoms with E-state index >= 15 is 0 Å². The Labute approximate surface area is 144 Å². The summed E-state index contributed by atoms with van der Waals surface area (Å²) in [5.41, 5.74) is 2.33. The molecule has 0 radical (unpaired) electrons. The van der Waals surface area contributed by atoms with Gasteiger partial charge in [0.1, 0.15) is 11.9 Å². The fraction of sp³-hybridized carbons (Fsp3) is 0.278. The van der Waals surface area contributed by atoms with Gasteiger partial charge in [-0.3, -0.25) is 19.2 Å². The summed E-state index contributed by atoms with van der Waals surface area (Å²) in [7, 11) is 1.81. The van der Waals surface area contributed by atoms with Crippen LogP contribution < -0.4 is 10.2 Å². The number of nitrogens with one attached hydrogen (secondary N) is 2. The zero-order valence-corrected chi connectivity index (χ0v) is 14.1. The molecule has 0 aliphatic carbocycles. The average molecular weight is 337 g/mol. The highest BCUT2D eigenvalue weighted by Gasteiger charge is 2.35. The van der Waals surface area contributed by atoms with Crippen molar-refractivity contribution in [2.75, 3.05) is 11.4 Å². The minimum Gasteiger partial charge on any atom is -0.361 e. The van der Waals surface area contributed by atoms with Gasteiger partial charge in [0, 0.05) is 42.3 Å². The van der Waals surface area contributed by atoms with E-state index in [9.17, 15) is 9.59 Å². The number of rotatable bonds is 3. The predicted octanol–water partition coefficient (Wildman–Crippen LogP) is 1.75. The van der Waals surface area contributed by atoms with Gasteiger partial charge < -0.3 is 10.3 Å². The van der Waals surface area contributed by atoms with E-state index in [1.165, 1.54) is 0 Å². The van der Waals surface area contributed by atoms with Crippen LogP contribution in [0.2, 0.25) is 0 Å². The fourth-order valence-electron chi connectivity index (χ4n) is 3.41. The molecule has 1 aliphatic rings. The van der Waals surface area contributed by atoms with Gasteiger partial charge in [-0.25, -0.2) is 0 Å². The first-order valence-electron chi connectivity index (χ1n) is 8.23. The van der Waals surface area contributed by atoms with E-state index in [0.29, 0.717) is 18.5 Å². The molecule has 0 spiro atoms. The summed E-state index contributed by atoms with van der Waals surface area (Å²) in [4.78, 5) is 30.1. The van der Waals surface area contributed by atoms with Crippen molar-refractivity contribution in [2.45, 2.75) is 19.4 Å². The van der Waals surface area contributed by atoms with E-state index in [0.717, 1.165) is 22.4 Å². The number of fused-ring (bicyclic) bond motifs is 1. The molecule has 1 unspecified atom stereocenters. The number of carbonyl (C=O) groups is 2. The van der Waals surface area contributed by atoms with E-state index in [1.807, 2.05) is 38.2 Å². The molecule has 0 bridgehead atoms. The largest absolute Gasteiger partial charge is 0.361 e. The quantitative estimate of drug-likeness (QED) is 0.764. The number of H-pyrrole nitrogens is 1. The van der Waals surface area contributed by atoms with Crippen LogP contribution >= 0.6 is 0 Å². The van der Waals surface area contributed by atoms with Crippen molar-refractivity contribution in [3.8, 4) is 0 Å². The molecular formula is C18H19N5O2. The number of aromatic amines is 1. The normalized spacial score (nSPS) is 17.4. The van der Waals surface area contributed by atoms with Crippen LogP contribution in [0.5, 0.6) is 0 Å². The molecule has 1 atom stereocenters. The smallest absolute Gasteiger partial charge is 0.252 e. The molecule has 128 valence electrons. The molecule has 3 heterocycles. The number of hydrogen-bond acceptors (Lipinski definition) is 3. The molecule has 2 N–H and O–H groups in total. The van der Waals surface area contributed by atoms with E-state index in [-0.39, 0.29) is 11.8 Å². The standard InChI is InChI=1S/C18H19N5O2/c1-11-10-16(22(2)21-11)23-9-7-15(18(23)25)20-17(24)13-4-3-5-14-12(13)6-8-19-14/h3-6,8,10,15,19H,7,9H2,1-2H3,(H,20,24). The predicted molar refractivity (Wildman–Crippen MR) is 94.5 cm³/mol. The molecule has 2 amide bonds. The SMILES string of the molecule is Cc1cc(N2CCC(NC(=O)c3cccc4[nH]ccc34)C2=O)n(C)n1. The van der Waals surface area contributed by atoms with Gasteiger partial charge in [0.15, 0.2) is 0 Å². The number of nitrogens with zero attached hydrogens (tertiary/aromatic N) is 3. The first-order chi connectivity index (χ1) is 12.0. The molecule has 1 aromatic carbocycles. The molecule has 1 saturated heterocycles. The zero-order chi connectivity index (χ0) is 17.6. The molecule has 1 fully saturated rings. The number of amides is 2. The van der Waals surface area contributed by atoms with Crippen LogP contribution in [0, 0.1) is 6.92 Å². The summed E-state index contributed by atoms with van der Waals surface area (Å²) in [6.45, 7) is 2.46. The Bertz CT molecular complexity index is 971. The lowest BCUT2D eigenvalue weighted by Gasteiger charge is -2.17. The van der Waals surface area contributed by atoms with E-state index < -0.39 is 6.04 Å². The number of carbonyl (C=O) groups excluding carboxylic acids is 2. The Hall–Kier alpha value is -3.09. The summed E-state index contributed by atoms with van der Waals surface area (Å²) in [6, 6.07) is 8.74. The molecule has 2 aromatic heterocycles. The van der Waals surface area contributed by atoms with Gasteiger partial charge in [-0.2, -0.15) is 5.10 Å². The maximum absolute atomic E-state index is 12.7. The minimum atomic E-state index is -0.517. The number of hydrogen-bond donors (Lipinski definition) is 2. The Morgan fingerprint density at radius 2 is 2.20 bits per heavy atom. The second-order valence-electron chi connectivity index (χ2n) is 6.32. The molecule has 7 nitrogen and oxygen atoms in total. The van der Waals surface area contributed by atoms with E-state index in [2.05, 4.69) is 15.4 Å². The third-order valence-corrected chi connectivity index (χ3v) is 4.60. The molecule has 25 heavy (non-hydrogen) atoms. The van der Waals surface area contributed by atoms with Crippen LogP contribution in [0.3, 0.4) is 0 Å². The summed E-state index contributed by atoms with van der Waals surface area (Å²) in [5, 5.41) is 8.01. The monoisotopic (exact) mass is 337 g/mol. The molecule has 7 heteroatoms. The third-order valence-electron chi connectivity index (χ3n) is 4.60. The Balaban J connectivity index is 1.54. The Morgan fingerprint density at radius 3 is 2.96 bits per heavy atom. The average Bonchev–Trinajstić information content (AvgIpc) is 3.27. The van der Waals surface area contributed by atoms with E-state index in [4.69, 9.17) is 0 Å². The van der Waals surface area contributed by atoms with Crippen molar-refractivity contribution >= 4 is 28.5 Å². The lowest BCUT2D eigenvalue weighted by molar-refractivity contribution is -0.118. The van der Waals surface area contributed by atoms with Crippen molar-refractivity contribution in [3.05, 3.63) is 47.8 Å². The molecule has 0 saturated carbocycles. The van der Waals surface area contributed by atoms with Gasteiger partial charge in [-0.05, 0) is 31.5 Å². The van der Waals surface area contributed by atoms with Gasteiger partial charge in [-0.15, -0.1) is 0 Å². The maximum Gasteiger partial charge on any atom is 0.252 e. The lowest BCUT2D eigenvalue weighted by atomic mass is 10.1.